The highest BCUT2D eigenvalue weighted by atomic mass is 19.1. The standard InChI is InChI=1S/C7H11FN4/c1-3-12(4-2)7-10-5-9-6(8)11-7/h5H,3-4H2,1-2H3. The van der Waals surface area contributed by atoms with Crippen molar-refractivity contribution >= 4 is 5.95 Å². The second kappa shape index (κ2) is 3.94. The monoisotopic (exact) mass is 170 g/mol. The van der Waals surface area contributed by atoms with Crippen molar-refractivity contribution in [2.24, 2.45) is 0 Å². The number of rotatable bonds is 3. The Hall–Kier alpha value is -1.26. The third-order valence-electron chi connectivity index (χ3n) is 1.58. The number of halogens is 1. The van der Waals surface area contributed by atoms with Crippen LogP contribution >= 0.6 is 0 Å². The topological polar surface area (TPSA) is 41.9 Å². The Morgan fingerprint density at radius 2 is 2.00 bits per heavy atom. The van der Waals surface area contributed by atoms with Crippen molar-refractivity contribution in [1.82, 2.24) is 15.0 Å². The lowest BCUT2D eigenvalue weighted by Gasteiger charge is -2.17. The van der Waals surface area contributed by atoms with Crippen LogP contribution in [0.3, 0.4) is 0 Å². The second-order valence-electron chi connectivity index (χ2n) is 2.23. The van der Waals surface area contributed by atoms with Gasteiger partial charge in [0.2, 0.25) is 5.95 Å². The number of anilines is 1. The molecule has 0 unspecified atom stereocenters. The summed E-state index contributed by atoms with van der Waals surface area (Å²) < 4.78 is 12.5. The van der Waals surface area contributed by atoms with Gasteiger partial charge in [0, 0.05) is 13.1 Å². The smallest absolute Gasteiger partial charge is 0.313 e. The van der Waals surface area contributed by atoms with Crippen LogP contribution in [-0.2, 0) is 0 Å². The van der Waals surface area contributed by atoms with E-state index in [2.05, 4.69) is 15.0 Å². The molecule has 0 radical (unpaired) electrons. The molecule has 0 amide bonds. The van der Waals surface area contributed by atoms with Crippen LogP contribution in [-0.4, -0.2) is 28.0 Å². The molecule has 0 atom stereocenters. The predicted molar refractivity (Wildman–Crippen MR) is 43.3 cm³/mol. The molecule has 1 aromatic heterocycles. The van der Waals surface area contributed by atoms with Gasteiger partial charge in [-0.25, -0.2) is 4.98 Å². The Morgan fingerprint density at radius 3 is 2.50 bits per heavy atom. The van der Waals surface area contributed by atoms with E-state index in [1.54, 1.807) is 0 Å². The zero-order valence-electron chi connectivity index (χ0n) is 7.16. The molecule has 1 heterocycles. The van der Waals surface area contributed by atoms with Gasteiger partial charge in [-0.05, 0) is 13.8 Å². The highest BCUT2D eigenvalue weighted by molar-refractivity contribution is 5.26. The molecule has 0 aliphatic carbocycles. The number of hydrogen-bond acceptors (Lipinski definition) is 4. The molecule has 0 fully saturated rings. The molecule has 0 bridgehead atoms. The number of hydrogen-bond donors (Lipinski definition) is 0. The molecule has 5 heteroatoms. The van der Waals surface area contributed by atoms with E-state index in [4.69, 9.17) is 0 Å². The van der Waals surface area contributed by atoms with Crippen LogP contribution in [0.2, 0.25) is 0 Å². The Labute approximate surface area is 70.5 Å². The number of aromatic nitrogens is 3. The van der Waals surface area contributed by atoms with E-state index >= 15 is 0 Å². The van der Waals surface area contributed by atoms with E-state index in [1.807, 2.05) is 18.7 Å². The van der Waals surface area contributed by atoms with Gasteiger partial charge in [0.05, 0.1) is 0 Å². The maximum atomic E-state index is 12.5. The van der Waals surface area contributed by atoms with E-state index in [0.29, 0.717) is 5.95 Å². The average Bonchev–Trinajstić information content (AvgIpc) is 2.07. The third-order valence-corrected chi connectivity index (χ3v) is 1.58. The minimum atomic E-state index is -0.730. The molecular weight excluding hydrogens is 159 g/mol. The van der Waals surface area contributed by atoms with Crippen molar-refractivity contribution in [3.8, 4) is 0 Å². The van der Waals surface area contributed by atoms with Gasteiger partial charge in [0.15, 0.2) is 0 Å². The molecule has 1 rings (SSSR count). The van der Waals surface area contributed by atoms with Gasteiger partial charge in [-0.1, -0.05) is 0 Å². The predicted octanol–water partition coefficient (Wildman–Crippen LogP) is 0.857. The van der Waals surface area contributed by atoms with Crippen LogP contribution in [0.1, 0.15) is 13.8 Å². The molecule has 0 spiro atoms. The van der Waals surface area contributed by atoms with Gasteiger partial charge >= 0.3 is 6.08 Å². The summed E-state index contributed by atoms with van der Waals surface area (Å²) in [6.07, 6.45) is 0.447. The van der Waals surface area contributed by atoms with E-state index in [-0.39, 0.29) is 0 Å². The molecule has 0 aliphatic heterocycles. The van der Waals surface area contributed by atoms with Crippen molar-refractivity contribution in [3.05, 3.63) is 12.4 Å². The van der Waals surface area contributed by atoms with Crippen LogP contribution in [0.15, 0.2) is 6.33 Å². The van der Waals surface area contributed by atoms with Gasteiger partial charge in [-0.3, -0.25) is 0 Å². The second-order valence-corrected chi connectivity index (χ2v) is 2.23. The minimum absolute atomic E-state index is 0.396. The first kappa shape index (κ1) is 8.83. The molecule has 66 valence electrons. The van der Waals surface area contributed by atoms with E-state index in [9.17, 15) is 4.39 Å². The SMILES string of the molecule is CCN(CC)c1ncnc(F)n1. The van der Waals surface area contributed by atoms with Gasteiger partial charge in [0.1, 0.15) is 6.33 Å². The van der Waals surface area contributed by atoms with Crippen LogP contribution in [0.5, 0.6) is 0 Å². The lowest BCUT2D eigenvalue weighted by molar-refractivity contribution is 0.529. The fourth-order valence-corrected chi connectivity index (χ4v) is 0.927. The van der Waals surface area contributed by atoms with Gasteiger partial charge < -0.3 is 4.90 Å². The first-order valence-electron chi connectivity index (χ1n) is 3.87. The minimum Gasteiger partial charge on any atom is -0.341 e. The Morgan fingerprint density at radius 1 is 1.33 bits per heavy atom. The largest absolute Gasteiger partial charge is 0.341 e. The highest BCUT2D eigenvalue weighted by Crippen LogP contribution is 2.03. The summed E-state index contributed by atoms with van der Waals surface area (Å²) in [5.74, 6) is 0.396. The summed E-state index contributed by atoms with van der Waals surface area (Å²) in [4.78, 5) is 12.5. The molecule has 4 nitrogen and oxygen atoms in total. The zero-order valence-corrected chi connectivity index (χ0v) is 7.16. The third kappa shape index (κ3) is 1.87. The fraction of sp³-hybridized carbons (Fsp3) is 0.571. The Kier molecular flexibility index (Phi) is 2.90. The van der Waals surface area contributed by atoms with Gasteiger partial charge in [0.25, 0.3) is 0 Å². The molecule has 12 heavy (non-hydrogen) atoms. The molecule has 0 aliphatic rings. The van der Waals surface area contributed by atoms with Crippen molar-refractivity contribution in [2.75, 3.05) is 18.0 Å². The molecule has 0 aromatic carbocycles. The summed E-state index contributed by atoms with van der Waals surface area (Å²) in [7, 11) is 0. The summed E-state index contributed by atoms with van der Waals surface area (Å²) in [6.45, 7) is 5.45. The quantitative estimate of drug-likeness (QED) is 0.674. The maximum Gasteiger partial charge on any atom is 0.313 e. The van der Waals surface area contributed by atoms with Crippen molar-refractivity contribution in [3.63, 3.8) is 0 Å². The van der Waals surface area contributed by atoms with E-state index in [1.165, 1.54) is 6.33 Å². The molecule has 0 N–H and O–H groups in total. The first-order valence-corrected chi connectivity index (χ1v) is 3.87. The fourth-order valence-electron chi connectivity index (χ4n) is 0.927. The maximum absolute atomic E-state index is 12.5. The van der Waals surface area contributed by atoms with Crippen molar-refractivity contribution < 1.29 is 4.39 Å². The van der Waals surface area contributed by atoms with Gasteiger partial charge in [-0.15, -0.1) is 0 Å². The van der Waals surface area contributed by atoms with Crippen LogP contribution in [0.4, 0.5) is 10.3 Å². The number of nitrogens with zero attached hydrogens (tertiary/aromatic N) is 4. The van der Waals surface area contributed by atoms with Crippen LogP contribution < -0.4 is 4.90 Å². The van der Waals surface area contributed by atoms with Gasteiger partial charge in [-0.2, -0.15) is 14.4 Å². The molecule has 1 aromatic rings. The Balaban J connectivity index is 2.85. The molecule has 0 saturated heterocycles. The normalized spacial score (nSPS) is 9.92. The summed E-state index contributed by atoms with van der Waals surface area (Å²) in [5, 5.41) is 0. The first-order chi connectivity index (χ1) is 5.77. The van der Waals surface area contributed by atoms with E-state index < -0.39 is 6.08 Å². The average molecular weight is 170 g/mol. The van der Waals surface area contributed by atoms with Crippen molar-refractivity contribution in [1.29, 1.82) is 0 Å². The summed E-state index contributed by atoms with van der Waals surface area (Å²) in [5.41, 5.74) is 0. The molecule has 0 saturated carbocycles. The zero-order chi connectivity index (χ0) is 8.97. The summed E-state index contributed by atoms with van der Waals surface area (Å²) in [6, 6.07) is 0. The van der Waals surface area contributed by atoms with Crippen molar-refractivity contribution in [2.45, 2.75) is 13.8 Å². The lowest BCUT2D eigenvalue weighted by Crippen LogP contribution is -2.24. The molecular formula is C7H11FN4. The Bertz CT molecular complexity index is 249. The van der Waals surface area contributed by atoms with Crippen LogP contribution in [0, 0.1) is 6.08 Å². The lowest BCUT2D eigenvalue weighted by atomic mass is 10.5. The van der Waals surface area contributed by atoms with E-state index in [0.717, 1.165) is 13.1 Å². The highest BCUT2D eigenvalue weighted by Gasteiger charge is 2.05. The summed E-state index contributed by atoms with van der Waals surface area (Å²) >= 11 is 0. The van der Waals surface area contributed by atoms with Crippen LogP contribution in [0.25, 0.3) is 0 Å².